The van der Waals surface area contributed by atoms with E-state index in [0.717, 1.165) is 0 Å². The normalized spacial score (nSPS) is 10.5. The molecule has 100 valence electrons. The van der Waals surface area contributed by atoms with E-state index in [2.05, 4.69) is 10.3 Å². The first kappa shape index (κ1) is 14.2. The second-order valence-electron chi connectivity index (χ2n) is 4.35. The van der Waals surface area contributed by atoms with E-state index in [1.807, 2.05) is 13.8 Å². The predicted octanol–water partition coefficient (Wildman–Crippen LogP) is 0.475. The molecule has 18 heavy (non-hydrogen) atoms. The number of aromatic nitrogens is 2. The molecule has 6 nitrogen and oxygen atoms in total. The number of nitrogens with one attached hydrogen (secondary N) is 1. The van der Waals surface area contributed by atoms with Crippen LogP contribution in [-0.2, 0) is 11.3 Å². The Balaban J connectivity index is 2.79. The molecule has 0 spiro atoms. The minimum atomic E-state index is -0.211. The van der Waals surface area contributed by atoms with Gasteiger partial charge in [-0.2, -0.15) is 0 Å². The summed E-state index contributed by atoms with van der Waals surface area (Å²) in [6.45, 7) is 5.75. The van der Waals surface area contributed by atoms with Crippen molar-refractivity contribution in [3.05, 3.63) is 22.1 Å². The first-order valence-electron chi connectivity index (χ1n) is 5.86. The standard InChI is InChI=1S/C12H19N3O3/c1-8(2)13-10(16)5-6-15-11(17)7-9(3)14-12(15)18-4/h7-8H,5-6H2,1-4H3,(H,13,16). The van der Waals surface area contributed by atoms with Gasteiger partial charge in [0.05, 0.1) is 7.11 Å². The summed E-state index contributed by atoms with van der Waals surface area (Å²) < 4.78 is 6.39. The molecule has 0 unspecified atom stereocenters. The van der Waals surface area contributed by atoms with E-state index in [0.29, 0.717) is 5.69 Å². The van der Waals surface area contributed by atoms with E-state index in [-0.39, 0.29) is 36.5 Å². The van der Waals surface area contributed by atoms with Crippen molar-refractivity contribution in [2.24, 2.45) is 0 Å². The van der Waals surface area contributed by atoms with E-state index in [1.54, 1.807) is 6.92 Å². The SMILES string of the molecule is COc1nc(C)cc(=O)n1CCC(=O)NC(C)C. The van der Waals surface area contributed by atoms with Crippen molar-refractivity contribution in [3.8, 4) is 6.01 Å². The fraction of sp³-hybridized carbons (Fsp3) is 0.583. The van der Waals surface area contributed by atoms with E-state index in [4.69, 9.17) is 4.74 Å². The largest absolute Gasteiger partial charge is 0.468 e. The van der Waals surface area contributed by atoms with E-state index in [1.165, 1.54) is 17.7 Å². The fourth-order valence-electron chi connectivity index (χ4n) is 1.56. The maximum atomic E-state index is 11.8. The van der Waals surface area contributed by atoms with Gasteiger partial charge >= 0.3 is 0 Å². The number of hydrogen-bond acceptors (Lipinski definition) is 4. The molecule has 1 rings (SSSR count). The third-order valence-electron chi connectivity index (χ3n) is 2.30. The quantitative estimate of drug-likeness (QED) is 0.828. The minimum absolute atomic E-state index is 0.0901. The lowest BCUT2D eigenvalue weighted by molar-refractivity contribution is -0.121. The zero-order valence-electron chi connectivity index (χ0n) is 11.2. The molecule has 1 aromatic rings. The minimum Gasteiger partial charge on any atom is -0.468 e. The summed E-state index contributed by atoms with van der Waals surface area (Å²) in [7, 11) is 1.45. The summed E-state index contributed by atoms with van der Waals surface area (Å²) in [6.07, 6.45) is 0.221. The molecule has 0 aliphatic heterocycles. The lowest BCUT2D eigenvalue weighted by Gasteiger charge is -2.12. The molecule has 0 radical (unpaired) electrons. The fourth-order valence-corrected chi connectivity index (χ4v) is 1.56. The van der Waals surface area contributed by atoms with Crippen molar-refractivity contribution in [2.45, 2.75) is 39.8 Å². The summed E-state index contributed by atoms with van der Waals surface area (Å²) in [4.78, 5) is 27.4. The molecule has 1 amide bonds. The van der Waals surface area contributed by atoms with Gasteiger partial charge in [0.15, 0.2) is 0 Å². The van der Waals surface area contributed by atoms with E-state index < -0.39 is 0 Å². The molecule has 1 N–H and O–H groups in total. The highest BCUT2D eigenvalue weighted by Crippen LogP contribution is 2.05. The molecule has 0 aliphatic rings. The summed E-state index contributed by atoms with van der Waals surface area (Å²) >= 11 is 0. The smallest absolute Gasteiger partial charge is 0.299 e. The van der Waals surface area contributed by atoms with Gasteiger partial charge in [0.1, 0.15) is 0 Å². The number of carbonyl (C=O) groups excluding carboxylic acids is 1. The van der Waals surface area contributed by atoms with Crippen LogP contribution >= 0.6 is 0 Å². The number of rotatable bonds is 5. The van der Waals surface area contributed by atoms with Gasteiger partial charge in [-0.25, -0.2) is 4.98 Å². The van der Waals surface area contributed by atoms with Crippen molar-refractivity contribution < 1.29 is 9.53 Å². The molecule has 6 heteroatoms. The van der Waals surface area contributed by atoms with Crippen LogP contribution in [0.25, 0.3) is 0 Å². The van der Waals surface area contributed by atoms with Crippen LogP contribution in [0.3, 0.4) is 0 Å². The Morgan fingerprint density at radius 3 is 2.78 bits per heavy atom. The maximum absolute atomic E-state index is 11.8. The molecule has 0 fully saturated rings. The first-order chi connectivity index (χ1) is 8.43. The van der Waals surface area contributed by atoms with E-state index >= 15 is 0 Å². The maximum Gasteiger partial charge on any atom is 0.299 e. The molecule has 0 bridgehead atoms. The molecule has 0 saturated carbocycles. The highest BCUT2D eigenvalue weighted by Gasteiger charge is 2.10. The molecule has 1 aromatic heterocycles. The molecular formula is C12H19N3O3. The second kappa shape index (κ2) is 6.18. The second-order valence-corrected chi connectivity index (χ2v) is 4.35. The highest BCUT2D eigenvalue weighted by atomic mass is 16.5. The van der Waals surface area contributed by atoms with Crippen LogP contribution < -0.4 is 15.6 Å². The summed E-state index contributed by atoms with van der Waals surface area (Å²) in [5.41, 5.74) is 0.386. The Bertz CT molecular complexity index is 480. The number of ether oxygens (including phenoxy) is 1. The van der Waals surface area contributed by atoms with Crippen LogP contribution in [0.1, 0.15) is 26.0 Å². The molecular weight excluding hydrogens is 234 g/mol. The number of hydrogen-bond donors (Lipinski definition) is 1. The van der Waals surface area contributed by atoms with Crippen LogP contribution in [-0.4, -0.2) is 28.6 Å². The number of carbonyl (C=O) groups is 1. The number of aryl methyl sites for hydroxylation is 1. The Hall–Kier alpha value is -1.85. The highest BCUT2D eigenvalue weighted by molar-refractivity contribution is 5.76. The molecule has 1 heterocycles. The predicted molar refractivity (Wildman–Crippen MR) is 67.7 cm³/mol. The monoisotopic (exact) mass is 253 g/mol. The van der Waals surface area contributed by atoms with Crippen LogP contribution in [0, 0.1) is 6.92 Å². The van der Waals surface area contributed by atoms with Crippen molar-refractivity contribution in [1.29, 1.82) is 0 Å². The van der Waals surface area contributed by atoms with Crippen molar-refractivity contribution in [3.63, 3.8) is 0 Å². The van der Waals surface area contributed by atoms with Crippen LogP contribution in [0.5, 0.6) is 6.01 Å². The summed E-state index contributed by atoms with van der Waals surface area (Å²) in [5.74, 6) is -0.0977. The van der Waals surface area contributed by atoms with Gasteiger partial charge in [0.25, 0.3) is 11.6 Å². The van der Waals surface area contributed by atoms with Crippen molar-refractivity contribution in [1.82, 2.24) is 14.9 Å². The van der Waals surface area contributed by atoms with Crippen LogP contribution in [0.2, 0.25) is 0 Å². The number of methoxy groups -OCH3 is 1. The zero-order chi connectivity index (χ0) is 13.7. The van der Waals surface area contributed by atoms with Crippen molar-refractivity contribution >= 4 is 5.91 Å². The Labute approximate surface area is 106 Å². The Morgan fingerprint density at radius 1 is 1.56 bits per heavy atom. The topological polar surface area (TPSA) is 73.2 Å². The summed E-state index contributed by atoms with van der Waals surface area (Å²) in [5, 5.41) is 2.77. The Kier molecular flexibility index (Phi) is 4.88. The van der Waals surface area contributed by atoms with Gasteiger partial charge in [0, 0.05) is 30.8 Å². The first-order valence-corrected chi connectivity index (χ1v) is 5.86. The molecule has 0 aromatic carbocycles. The molecule has 0 atom stereocenters. The number of amides is 1. The Morgan fingerprint density at radius 2 is 2.22 bits per heavy atom. The molecule has 0 aliphatic carbocycles. The van der Waals surface area contributed by atoms with Gasteiger partial charge in [-0.1, -0.05) is 0 Å². The van der Waals surface area contributed by atoms with Crippen molar-refractivity contribution in [2.75, 3.05) is 7.11 Å². The zero-order valence-corrected chi connectivity index (χ0v) is 11.2. The van der Waals surface area contributed by atoms with Gasteiger partial charge < -0.3 is 10.1 Å². The lowest BCUT2D eigenvalue weighted by Crippen LogP contribution is -2.32. The lowest BCUT2D eigenvalue weighted by atomic mass is 10.3. The summed E-state index contributed by atoms with van der Waals surface area (Å²) in [6, 6.07) is 1.74. The van der Waals surface area contributed by atoms with Gasteiger partial charge in [0.2, 0.25) is 5.91 Å². The van der Waals surface area contributed by atoms with Gasteiger partial charge in [-0.05, 0) is 20.8 Å². The van der Waals surface area contributed by atoms with Gasteiger partial charge in [-0.3, -0.25) is 14.2 Å². The van der Waals surface area contributed by atoms with E-state index in [9.17, 15) is 9.59 Å². The molecule has 0 saturated heterocycles. The number of nitrogens with zero attached hydrogens (tertiary/aromatic N) is 2. The van der Waals surface area contributed by atoms with Crippen LogP contribution in [0.4, 0.5) is 0 Å². The third kappa shape index (κ3) is 3.87. The average Bonchev–Trinajstić information content (AvgIpc) is 2.25. The van der Waals surface area contributed by atoms with Crippen LogP contribution in [0.15, 0.2) is 10.9 Å². The third-order valence-corrected chi connectivity index (χ3v) is 2.30. The average molecular weight is 253 g/mol. The van der Waals surface area contributed by atoms with Gasteiger partial charge in [-0.15, -0.1) is 0 Å².